The predicted octanol–water partition coefficient (Wildman–Crippen LogP) is 3.55. The van der Waals surface area contributed by atoms with Crippen molar-refractivity contribution in [2.45, 2.75) is 26.6 Å². The first kappa shape index (κ1) is 21.2. The number of rotatable bonds is 7. The molecule has 0 bridgehead atoms. The number of ether oxygens (including phenoxy) is 1. The van der Waals surface area contributed by atoms with Gasteiger partial charge in [0.15, 0.2) is 6.61 Å². The zero-order valence-electron chi connectivity index (χ0n) is 15.3. The van der Waals surface area contributed by atoms with Crippen molar-refractivity contribution in [1.29, 1.82) is 0 Å². The fraction of sp³-hybridized carbons (Fsp3) is 0.316. The Morgan fingerprint density at radius 1 is 1.14 bits per heavy atom. The topological polar surface area (TPSA) is 80.3 Å². The number of carbonyl (C=O) groups excluding carboxylic acids is 2. The van der Waals surface area contributed by atoms with Gasteiger partial charge in [-0.25, -0.2) is 4.98 Å². The number of aromatic nitrogens is 1. The van der Waals surface area contributed by atoms with Crippen LogP contribution in [0.3, 0.4) is 0 Å². The standard InChI is InChI=1S/C19H20F3N3O3/c1-12(2)16(26)25-14-7-5-13(6-8-14)10-24-17(27)15-4-3-9-23-18(15)28-11-19(20,21)22/h3-9,12H,10-11H2,1-2H3,(H,24,27)(H,25,26). The van der Waals surface area contributed by atoms with Crippen molar-refractivity contribution < 1.29 is 27.5 Å². The number of amides is 2. The summed E-state index contributed by atoms with van der Waals surface area (Å²) in [5.74, 6) is -1.25. The van der Waals surface area contributed by atoms with E-state index in [-0.39, 0.29) is 29.8 Å². The lowest BCUT2D eigenvalue weighted by Gasteiger charge is -2.12. The van der Waals surface area contributed by atoms with Gasteiger partial charge in [-0.2, -0.15) is 13.2 Å². The molecule has 9 heteroatoms. The molecule has 0 saturated carbocycles. The molecule has 2 N–H and O–H groups in total. The van der Waals surface area contributed by atoms with Crippen LogP contribution in [0.1, 0.15) is 29.8 Å². The summed E-state index contributed by atoms with van der Waals surface area (Å²) < 4.78 is 41.6. The number of alkyl halides is 3. The number of halogens is 3. The van der Waals surface area contributed by atoms with Crippen molar-refractivity contribution in [3.63, 3.8) is 0 Å². The average molecular weight is 395 g/mol. The Labute approximate surface area is 160 Å². The van der Waals surface area contributed by atoms with Gasteiger partial charge < -0.3 is 15.4 Å². The van der Waals surface area contributed by atoms with Gasteiger partial charge >= 0.3 is 6.18 Å². The van der Waals surface area contributed by atoms with E-state index in [4.69, 9.17) is 0 Å². The number of hydrogen-bond acceptors (Lipinski definition) is 4. The molecule has 0 aliphatic rings. The summed E-state index contributed by atoms with van der Waals surface area (Å²) in [5, 5.41) is 5.35. The van der Waals surface area contributed by atoms with Crippen LogP contribution in [-0.2, 0) is 11.3 Å². The summed E-state index contributed by atoms with van der Waals surface area (Å²) in [6.07, 6.45) is -3.29. The largest absolute Gasteiger partial charge is 0.467 e. The van der Waals surface area contributed by atoms with E-state index < -0.39 is 18.7 Å². The quantitative estimate of drug-likeness (QED) is 0.752. The lowest BCUT2D eigenvalue weighted by molar-refractivity contribution is -0.154. The van der Waals surface area contributed by atoms with E-state index in [0.29, 0.717) is 5.69 Å². The second-order valence-electron chi connectivity index (χ2n) is 6.28. The van der Waals surface area contributed by atoms with Crippen LogP contribution in [0.25, 0.3) is 0 Å². The molecule has 6 nitrogen and oxygen atoms in total. The van der Waals surface area contributed by atoms with Gasteiger partial charge in [0.25, 0.3) is 5.91 Å². The number of anilines is 1. The third-order valence-electron chi connectivity index (χ3n) is 3.59. The maximum Gasteiger partial charge on any atom is 0.422 e. The van der Waals surface area contributed by atoms with E-state index in [1.807, 2.05) is 0 Å². The molecule has 0 atom stereocenters. The van der Waals surface area contributed by atoms with Crippen LogP contribution < -0.4 is 15.4 Å². The first-order valence-electron chi connectivity index (χ1n) is 8.48. The fourth-order valence-corrected chi connectivity index (χ4v) is 2.10. The van der Waals surface area contributed by atoms with E-state index in [1.54, 1.807) is 38.1 Å². The molecule has 28 heavy (non-hydrogen) atoms. The van der Waals surface area contributed by atoms with Crippen LogP contribution in [-0.4, -0.2) is 29.6 Å². The summed E-state index contributed by atoms with van der Waals surface area (Å²) in [6.45, 7) is 2.17. The van der Waals surface area contributed by atoms with Crippen molar-refractivity contribution >= 4 is 17.5 Å². The monoisotopic (exact) mass is 395 g/mol. The first-order valence-corrected chi connectivity index (χ1v) is 8.48. The molecule has 1 aromatic carbocycles. The summed E-state index contributed by atoms with van der Waals surface area (Å²) >= 11 is 0. The van der Waals surface area contributed by atoms with Crippen molar-refractivity contribution in [1.82, 2.24) is 10.3 Å². The number of nitrogens with zero attached hydrogens (tertiary/aromatic N) is 1. The van der Waals surface area contributed by atoms with Crippen LogP contribution in [0.2, 0.25) is 0 Å². The second-order valence-corrected chi connectivity index (χ2v) is 6.28. The van der Waals surface area contributed by atoms with Crippen molar-refractivity contribution in [2.24, 2.45) is 5.92 Å². The molecule has 1 heterocycles. The molecule has 0 radical (unpaired) electrons. The summed E-state index contributed by atoms with van der Waals surface area (Å²) in [4.78, 5) is 27.6. The van der Waals surface area contributed by atoms with Crippen molar-refractivity contribution in [3.8, 4) is 5.88 Å². The Bertz CT molecular complexity index is 821. The van der Waals surface area contributed by atoms with E-state index in [0.717, 1.165) is 5.56 Å². The molecule has 2 rings (SSSR count). The highest BCUT2D eigenvalue weighted by molar-refractivity contribution is 5.96. The SMILES string of the molecule is CC(C)C(=O)Nc1ccc(CNC(=O)c2cccnc2OCC(F)(F)F)cc1. The Kier molecular flexibility index (Phi) is 6.97. The normalized spacial score (nSPS) is 11.2. The van der Waals surface area contributed by atoms with E-state index in [2.05, 4.69) is 20.4 Å². The molecule has 0 spiro atoms. The van der Waals surface area contributed by atoms with Crippen LogP contribution >= 0.6 is 0 Å². The number of benzene rings is 1. The molecule has 0 saturated heterocycles. The minimum Gasteiger partial charge on any atom is -0.467 e. The Hall–Kier alpha value is -3.10. The van der Waals surface area contributed by atoms with Gasteiger partial charge in [0.1, 0.15) is 5.56 Å². The Morgan fingerprint density at radius 2 is 1.82 bits per heavy atom. The molecule has 2 amide bonds. The fourth-order valence-electron chi connectivity index (χ4n) is 2.10. The summed E-state index contributed by atoms with van der Waals surface area (Å²) in [6, 6.07) is 9.61. The van der Waals surface area contributed by atoms with Gasteiger partial charge in [0, 0.05) is 24.3 Å². The van der Waals surface area contributed by atoms with Gasteiger partial charge in [-0.1, -0.05) is 26.0 Å². The van der Waals surface area contributed by atoms with Crippen LogP contribution in [0.4, 0.5) is 18.9 Å². The molecular formula is C19H20F3N3O3. The summed E-state index contributed by atoms with van der Waals surface area (Å²) in [7, 11) is 0. The Balaban J connectivity index is 1.96. The number of carbonyl (C=O) groups is 2. The summed E-state index contributed by atoms with van der Waals surface area (Å²) in [5.41, 5.74) is 1.29. The second kappa shape index (κ2) is 9.20. The van der Waals surface area contributed by atoms with E-state index >= 15 is 0 Å². The molecule has 0 unspecified atom stereocenters. The minimum atomic E-state index is -4.53. The van der Waals surface area contributed by atoms with Crippen LogP contribution in [0.5, 0.6) is 5.88 Å². The maximum absolute atomic E-state index is 12.3. The molecular weight excluding hydrogens is 375 g/mol. The van der Waals surface area contributed by atoms with Crippen molar-refractivity contribution in [2.75, 3.05) is 11.9 Å². The zero-order chi connectivity index (χ0) is 20.7. The van der Waals surface area contributed by atoms with Crippen LogP contribution in [0.15, 0.2) is 42.6 Å². The van der Waals surface area contributed by atoms with Gasteiger partial charge in [-0.15, -0.1) is 0 Å². The lowest BCUT2D eigenvalue weighted by Crippen LogP contribution is -2.25. The number of hydrogen-bond donors (Lipinski definition) is 2. The van der Waals surface area contributed by atoms with Gasteiger partial charge in [0.05, 0.1) is 0 Å². The number of nitrogens with one attached hydrogen (secondary N) is 2. The van der Waals surface area contributed by atoms with Crippen LogP contribution in [0, 0.1) is 5.92 Å². The first-order chi connectivity index (χ1) is 13.2. The average Bonchev–Trinajstić information content (AvgIpc) is 2.65. The van der Waals surface area contributed by atoms with Gasteiger partial charge in [-0.05, 0) is 29.8 Å². The van der Waals surface area contributed by atoms with Gasteiger partial charge in [0.2, 0.25) is 11.8 Å². The highest BCUT2D eigenvalue weighted by Gasteiger charge is 2.29. The predicted molar refractivity (Wildman–Crippen MR) is 96.9 cm³/mol. The molecule has 0 aliphatic heterocycles. The zero-order valence-corrected chi connectivity index (χ0v) is 15.3. The Morgan fingerprint density at radius 3 is 2.43 bits per heavy atom. The minimum absolute atomic E-state index is 0.0902. The van der Waals surface area contributed by atoms with E-state index in [9.17, 15) is 22.8 Å². The van der Waals surface area contributed by atoms with Crippen molar-refractivity contribution in [3.05, 3.63) is 53.7 Å². The molecule has 150 valence electrons. The highest BCUT2D eigenvalue weighted by atomic mass is 19.4. The smallest absolute Gasteiger partial charge is 0.422 e. The maximum atomic E-state index is 12.3. The lowest BCUT2D eigenvalue weighted by atomic mass is 10.1. The van der Waals surface area contributed by atoms with Gasteiger partial charge in [-0.3, -0.25) is 9.59 Å². The third kappa shape index (κ3) is 6.57. The number of pyridine rings is 1. The van der Waals surface area contributed by atoms with E-state index in [1.165, 1.54) is 18.3 Å². The molecule has 1 aromatic heterocycles. The molecule has 0 aliphatic carbocycles. The highest BCUT2D eigenvalue weighted by Crippen LogP contribution is 2.20. The molecule has 2 aromatic rings. The molecule has 0 fully saturated rings. The third-order valence-corrected chi connectivity index (χ3v) is 3.59.